The number of amides is 2. The zero-order chi connectivity index (χ0) is 19.2. The summed E-state index contributed by atoms with van der Waals surface area (Å²) in [6.07, 6.45) is -0.320. The number of benzene rings is 1. The Bertz CT molecular complexity index is 657. The van der Waals surface area contributed by atoms with E-state index in [1.807, 2.05) is 0 Å². The summed E-state index contributed by atoms with van der Waals surface area (Å²) in [5.74, 6) is -1.89. The summed E-state index contributed by atoms with van der Waals surface area (Å²) in [5, 5.41) is 2.63. The van der Waals surface area contributed by atoms with Crippen molar-refractivity contribution in [2.75, 3.05) is 6.61 Å². The molecule has 2 rings (SSSR count). The molecule has 0 spiro atoms. The zero-order valence-electron chi connectivity index (χ0n) is 14.1. The number of rotatable bonds is 6. The summed E-state index contributed by atoms with van der Waals surface area (Å²) in [6, 6.07) is 6.14. The van der Waals surface area contributed by atoms with Crippen LogP contribution in [0, 0.1) is 5.92 Å². The van der Waals surface area contributed by atoms with Crippen LogP contribution in [-0.2, 0) is 9.59 Å². The number of carbonyl (C=O) groups excluding carboxylic acids is 2. The Balaban J connectivity index is 1.84. The molecule has 1 aliphatic carbocycles. The lowest BCUT2D eigenvalue weighted by Gasteiger charge is -2.30. The molecule has 3 N–H and O–H groups in total. The van der Waals surface area contributed by atoms with Crippen LogP contribution in [0.5, 0.6) is 5.75 Å². The summed E-state index contributed by atoms with van der Waals surface area (Å²) in [4.78, 5) is 22.6. The van der Waals surface area contributed by atoms with Crippen LogP contribution in [0.4, 0.5) is 13.2 Å². The van der Waals surface area contributed by atoms with Gasteiger partial charge in [-0.1, -0.05) is 18.6 Å². The van der Waals surface area contributed by atoms with Crippen LogP contribution in [0.2, 0.25) is 0 Å². The van der Waals surface area contributed by atoms with Gasteiger partial charge < -0.3 is 15.8 Å². The molecule has 0 radical (unpaired) electrons. The third-order valence-corrected chi connectivity index (χ3v) is 4.17. The second-order valence-corrected chi connectivity index (χ2v) is 6.27. The highest BCUT2D eigenvalue weighted by Gasteiger charge is 2.42. The number of primary amides is 1. The number of carbonyl (C=O) groups is 2. The molecule has 0 bridgehead atoms. The van der Waals surface area contributed by atoms with Crippen LogP contribution in [0.15, 0.2) is 30.3 Å². The molecule has 0 heterocycles. The van der Waals surface area contributed by atoms with E-state index in [2.05, 4.69) is 5.32 Å². The van der Waals surface area contributed by atoms with E-state index in [1.54, 1.807) is 30.3 Å². The van der Waals surface area contributed by atoms with E-state index in [1.165, 1.54) is 6.08 Å². The Morgan fingerprint density at radius 3 is 2.54 bits per heavy atom. The van der Waals surface area contributed by atoms with Crippen LogP contribution in [0.25, 0.3) is 6.08 Å². The average Bonchev–Trinajstić information content (AvgIpc) is 2.58. The van der Waals surface area contributed by atoms with Crippen LogP contribution < -0.4 is 15.8 Å². The first kappa shape index (κ1) is 19.8. The van der Waals surface area contributed by atoms with E-state index in [0.717, 1.165) is 0 Å². The van der Waals surface area contributed by atoms with Crippen LogP contribution in [0.1, 0.15) is 31.2 Å². The number of halogens is 3. The highest BCUT2D eigenvalue weighted by Crippen LogP contribution is 2.37. The third-order valence-electron chi connectivity index (χ3n) is 4.17. The monoisotopic (exact) mass is 370 g/mol. The Morgan fingerprint density at radius 2 is 1.92 bits per heavy atom. The Morgan fingerprint density at radius 1 is 1.23 bits per heavy atom. The number of hydrogen-bond donors (Lipinski definition) is 2. The molecule has 1 saturated carbocycles. The predicted molar refractivity (Wildman–Crippen MR) is 90.1 cm³/mol. The van der Waals surface area contributed by atoms with E-state index in [0.29, 0.717) is 24.2 Å². The average molecular weight is 370 g/mol. The topological polar surface area (TPSA) is 81.4 Å². The quantitative estimate of drug-likeness (QED) is 0.756. The predicted octanol–water partition coefficient (Wildman–Crippen LogP) is 2.80. The molecule has 2 atom stereocenters. The van der Waals surface area contributed by atoms with Gasteiger partial charge in [0.05, 0.1) is 5.92 Å². The van der Waals surface area contributed by atoms with Crippen molar-refractivity contribution in [3.63, 3.8) is 0 Å². The minimum atomic E-state index is -4.21. The second kappa shape index (κ2) is 8.73. The molecular formula is C18H21F3N2O3. The zero-order valence-corrected chi connectivity index (χ0v) is 14.1. The molecule has 2 amide bonds. The van der Waals surface area contributed by atoms with E-state index in [4.69, 9.17) is 10.5 Å². The normalized spacial score (nSPS) is 20.7. The highest BCUT2D eigenvalue weighted by molar-refractivity contribution is 5.91. The van der Waals surface area contributed by atoms with Crippen molar-refractivity contribution in [3.8, 4) is 5.75 Å². The Kier molecular flexibility index (Phi) is 6.65. The summed E-state index contributed by atoms with van der Waals surface area (Å²) in [5.41, 5.74) is 5.69. The van der Waals surface area contributed by atoms with Gasteiger partial charge in [0, 0.05) is 12.1 Å². The van der Waals surface area contributed by atoms with Gasteiger partial charge in [0.25, 0.3) is 5.91 Å². The lowest BCUT2D eigenvalue weighted by Crippen LogP contribution is -2.41. The fourth-order valence-corrected chi connectivity index (χ4v) is 2.87. The smallest absolute Gasteiger partial charge is 0.391 e. The minimum absolute atomic E-state index is 0.0744. The Hall–Kier alpha value is -2.51. The molecule has 0 aliphatic heterocycles. The van der Waals surface area contributed by atoms with Gasteiger partial charge in [0.2, 0.25) is 5.91 Å². The number of nitrogens with two attached hydrogens (primary N) is 1. The molecule has 1 aromatic rings. The molecule has 5 nitrogen and oxygen atoms in total. The van der Waals surface area contributed by atoms with Crippen LogP contribution in [0.3, 0.4) is 0 Å². The van der Waals surface area contributed by atoms with Gasteiger partial charge in [0.1, 0.15) is 5.75 Å². The maximum atomic E-state index is 12.8. The molecule has 26 heavy (non-hydrogen) atoms. The van der Waals surface area contributed by atoms with Crippen molar-refractivity contribution in [2.45, 2.75) is 37.9 Å². The first-order valence-electron chi connectivity index (χ1n) is 8.30. The van der Waals surface area contributed by atoms with Gasteiger partial charge in [-0.3, -0.25) is 9.59 Å². The molecular weight excluding hydrogens is 349 g/mol. The van der Waals surface area contributed by atoms with Crippen molar-refractivity contribution in [1.29, 1.82) is 0 Å². The molecule has 0 saturated heterocycles. The molecule has 0 aromatic heterocycles. The Labute approximate surface area is 149 Å². The first-order chi connectivity index (χ1) is 12.2. The van der Waals surface area contributed by atoms with Gasteiger partial charge in [-0.05, 0) is 43.0 Å². The summed E-state index contributed by atoms with van der Waals surface area (Å²) >= 11 is 0. The first-order valence-corrected chi connectivity index (χ1v) is 8.30. The molecule has 2 unspecified atom stereocenters. The number of alkyl halides is 3. The maximum Gasteiger partial charge on any atom is 0.391 e. The van der Waals surface area contributed by atoms with E-state index in [9.17, 15) is 22.8 Å². The number of nitrogens with one attached hydrogen (secondary N) is 1. The second-order valence-electron chi connectivity index (χ2n) is 6.27. The fraction of sp³-hybridized carbons (Fsp3) is 0.444. The van der Waals surface area contributed by atoms with E-state index >= 15 is 0 Å². The van der Waals surface area contributed by atoms with Gasteiger partial charge >= 0.3 is 6.18 Å². The van der Waals surface area contributed by atoms with Crippen molar-refractivity contribution in [1.82, 2.24) is 5.32 Å². The van der Waals surface area contributed by atoms with E-state index in [-0.39, 0.29) is 19.4 Å². The van der Waals surface area contributed by atoms with Gasteiger partial charge in [0.15, 0.2) is 6.61 Å². The lowest BCUT2D eigenvalue weighted by molar-refractivity contribution is -0.184. The van der Waals surface area contributed by atoms with Crippen LogP contribution in [-0.4, -0.2) is 30.6 Å². The summed E-state index contributed by atoms with van der Waals surface area (Å²) in [6.45, 7) is -0.224. The lowest BCUT2D eigenvalue weighted by atomic mass is 9.85. The van der Waals surface area contributed by atoms with Crippen molar-refractivity contribution >= 4 is 17.9 Å². The molecule has 1 fully saturated rings. The van der Waals surface area contributed by atoms with Crippen molar-refractivity contribution in [3.05, 3.63) is 35.9 Å². The van der Waals surface area contributed by atoms with E-state index < -0.39 is 30.0 Å². The van der Waals surface area contributed by atoms with Gasteiger partial charge in [-0.25, -0.2) is 0 Å². The van der Waals surface area contributed by atoms with Gasteiger partial charge in [-0.15, -0.1) is 0 Å². The molecule has 1 aliphatic rings. The largest absolute Gasteiger partial charge is 0.484 e. The summed E-state index contributed by atoms with van der Waals surface area (Å²) < 4.78 is 43.5. The molecule has 8 heteroatoms. The number of ether oxygens (including phenoxy) is 1. The van der Waals surface area contributed by atoms with Crippen LogP contribution >= 0.6 is 0 Å². The summed E-state index contributed by atoms with van der Waals surface area (Å²) in [7, 11) is 0. The van der Waals surface area contributed by atoms with Crippen molar-refractivity contribution in [2.24, 2.45) is 11.7 Å². The SMILES string of the molecule is NC(=O)COc1ccc(/C=C/C(=O)NC2CCCC(C(F)(F)F)C2)cc1. The molecule has 1 aromatic carbocycles. The third kappa shape index (κ3) is 6.42. The maximum absolute atomic E-state index is 12.8. The number of hydrogen-bond acceptors (Lipinski definition) is 3. The minimum Gasteiger partial charge on any atom is -0.484 e. The fourth-order valence-electron chi connectivity index (χ4n) is 2.87. The van der Waals surface area contributed by atoms with Gasteiger partial charge in [-0.2, -0.15) is 13.2 Å². The molecule has 142 valence electrons. The highest BCUT2D eigenvalue weighted by atomic mass is 19.4. The standard InChI is InChI=1S/C18H21F3N2O3/c19-18(20,21)13-2-1-3-14(10-13)23-17(25)9-6-12-4-7-15(8-5-12)26-11-16(22)24/h4-9,13-14H,1-3,10-11H2,(H2,22,24)(H,23,25)/b9-6+. The van der Waals surface area contributed by atoms with Crippen molar-refractivity contribution < 1.29 is 27.5 Å².